The number of hydrogen-bond donors (Lipinski definition) is 2. The number of rotatable bonds is 7. The molecular weight excluding hydrogens is 626 g/mol. The number of urea groups is 1. The van der Waals surface area contributed by atoms with Crippen LogP contribution in [0.3, 0.4) is 0 Å². The topological polar surface area (TPSA) is 105 Å². The molecule has 0 aromatic heterocycles. The second-order valence-corrected chi connectivity index (χ2v) is 14.7. The lowest BCUT2D eigenvalue weighted by Gasteiger charge is -2.40. The van der Waals surface area contributed by atoms with Crippen molar-refractivity contribution in [2.45, 2.75) is 70.4 Å². The first-order chi connectivity index (χ1) is 23.2. The highest BCUT2D eigenvalue weighted by Crippen LogP contribution is 2.29. The number of para-hydroxylation sites is 1. The molecule has 0 bridgehead atoms. The molecule has 0 unspecified atom stereocenters. The van der Waals surface area contributed by atoms with Crippen molar-refractivity contribution >= 4 is 40.8 Å². The number of piperidine rings is 2. The number of nitrogen functional groups attached to an aromatic ring is 1. The first-order valence-electron chi connectivity index (χ1n) is 17.9. The fraction of sp³-hybridized carbons (Fsp3) is 0.595. The third kappa shape index (κ3) is 8.09. The molecule has 260 valence electrons. The van der Waals surface area contributed by atoms with Crippen LogP contribution in [0.5, 0.6) is 0 Å². The first-order valence-corrected chi connectivity index (χ1v) is 18.2. The van der Waals surface area contributed by atoms with Gasteiger partial charge in [0.2, 0.25) is 11.8 Å². The molecule has 0 spiro atoms. The minimum atomic E-state index is -0.479. The summed E-state index contributed by atoms with van der Waals surface area (Å²) in [4.78, 5) is 52.0. The lowest BCUT2D eigenvalue weighted by Crippen LogP contribution is -2.51. The van der Waals surface area contributed by atoms with Crippen molar-refractivity contribution in [3.05, 3.63) is 58.1 Å². The molecular formula is C37H52ClN7O3. The second-order valence-electron chi connectivity index (χ2n) is 14.3. The molecule has 2 aromatic carbocycles. The molecule has 2 aromatic rings. The highest BCUT2D eigenvalue weighted by molar-refractivity contribution is 6.33. The smallest absolute Gasteiger partial charge is 0.322 e. The summed E-state index contributed by atoms with van der Waals surface area (Å²) in [5.41, 5.74) is 10.5. The summed E-state index contributed by atoms with van der Waals surface area (Å²) in [6, 6.07) is 12.3. The molecule has 10 nitrogen and oxygen atoms in total. The van der Waals surface area contributed by atoms with Gasteiger partial charge in [-0.25, -0.2) is 4.79 Å². The van der Waals surface area contributed by atoms with E-state index in [1.54, 1.807) is 0 Å². The first kappa shape index (κ1) is 34.5. The summed E-state index contributed by atoms with van der Waals surface area (Å²) < 4.78 is 0. The zero-order chi connectivity index (χ0) is 33.8. The number of halogens is 1. The van der Waals surface area contributed by atoms with Crippen molar-refractivity contribution in [2.24, 2.45) is 5.92 Å². The van der Waals surface area contributed by atoms with E-state index in [1.807, 2.05) is 52.0 Å². The minimum Gasteiger partial charge on any atom is -0.397 e. The van der Waals surface area contributed by atoms with Gasteiger partial charge in [0, 0.05) is 70.0 Å². The van der Waals surface area contributed by atoms with E-state index < -0.39 is 5.92 Å². The van der Waals surface area contributed by atoms with E-state index in [-0.39, 0.29) is 30.3 Å². The molecule has 6 rings (SSSR count). The van der Waals surface area contributed by atoms with Crippen LogP contribution in [-0.2, 0) is 22.4 Å². The van der Waals surface area contributed by atoms with Gasteiger partial charge in [-0.15, -0.1) is 0 Å². The molecule has 48 heavy (non-hydrogen) atoms. The maximum absolute atomic E-state index is 14.2. The van der Waals surface area contributed by atoms with Crippen LogP contribution < -0.4 is 11.1 Å². The Balaban J connectivity index is 1.08. The molecule has 4 aliphatic heterocycles. The normalized spacial score (nSPS) is 21.3. The number of amides is 4. The number of likely N-dealkylation sites (tertiary alicyclic amines) is 2. The van der Waals surface area contributed by atoms with Gasteiger partial charge in [0.05, 0.1) is 16.6 Å². The zero-order valence-electron chi connectivity index (χ0n) is 28.6. The molecule has 3 fully saturated rings. The number of nitrogens with one attached hydrogen (secondary N) is 1. The Morgan fingerprint density at radius 2 is 1.62 bits per heavy atom. The van der Waals surface area contributed by atoms with Gasteiger partial charge < -0.3 is 30.7 Å². The van der Waals surface area contributed by atoms with Crippen LogP contribution in [0, 0.1) is 12.8 Å². The van der Waals surface area contributed by atoms with Gasteiger partial charge in [0.15, 0.2) is 0 Å². The average molecular weight is 678 g/mol. The zero-order valence-corrected chi connectivity index (χ0v) is 29.4. The number of nitrogens with two attached hydrogens (primary N) is 1. The Kier molecular flexibility index (Phi) is 11.1. The van der Waals surface area contributed by atoms with Crippen LogP contribution >= 0.6 is 11.6 Å². The number of likely N-dealkylation sites (N-methyl/N-ethyl adjacent to an activating group) is 1. The van der Waals surface area contributed by atoms with Crippen molar-refractivity contribution in [2.75, 3.05) is 77.0 Å². The minimum absolute atomic E-state index is 0.00126. The van der Waals surface area contributed by atoms with Gasteiger partial charge in [-0.3, -0.25) is 14.5 Å². The summed E-state index contributed by atoms with van der Waals surface area (Å²) in [5.74, 6) is -0.423. The van der Waals surface area contributed by atoms with Crippen LogP contribution in [0.2, 0.25) is 5.02 Å². The predicted molar refractivity (Wildman–Crippen MR) is 191 cm³/mol. The van der Waals surface area contributed by atoms with E-state index in [0.717, 1.165) is 93.8 Å². The van der Waals surface area contributed by atoms with Crippen molar-refractivity contribution in [3.8, 4) is 0 Å². The monoisotopic (exact) mass is 677 g/mol. The number of aryl methyl sites for hydroxylation is 1. The average Bonchev–Trinajstić information content (AvgIpc) is 3.41. The fourth-order valence-electron chi connectivity index (χ4n) is 8.12. The molecule has 3 saturated heterocycles. The largest absolute Gasteiger partial charge is 0.397 e. The van der Waals surface area contributed by atoms with Crippen molar-refractivity contribution in [1.82, 2.24) is 24.5 Å². The number of benzene rings is 2. The van der Waals surface area contributed by atoms with Crippen LogP contribution in [0.4, 0.5) is 16.2 Å². The number of fused-ring (bicyclic) bond motifs is 1. The number of hydrogen-bond acceptors (Lipinski definition) is 6. The number of carbonyl (C=O) groups is 3. The van der Waals surface area contributed by atoms with E-state index in [9.17, 15) is 14.4 Å². The number of carbonyl (C=O) groups excluding carboxylic acids is 3. The molecule has 0 aliphatic carbocycles. The van der Waals surface area contributed by atoms with E-state index in [4.69, 9.17) is 17.3 Å². The molecule has 3 N–H and O–H groups in total. The van der Waals surface area contributed by atoms with Crippen molar-refractivity contribution in [1.29, 1.82) is 0 Å². The predicted octanol–water partition coefficient (Wildman–Crippen LogP) is 4.49. The molecule has 4 aliphatic rings. The Morgan fingerprint density at radius 1 is 0.917 bits per heavy atom. The Bertz CT molecular complexity index is 1450. The van der Waals surface area contributed by atoms with Crippen molar-refractivity contribution in [3.63, 3.8) is 0 Å². The number of nitrogens with zero attached hydrogens (tertiary/aromatic N) is 5. The summed E-state index contributed by atoms with van der Waals surface area (Å²) in [7, 11) is 2.19. The highest BCUT2D eigenvalue weighted by atomic mass is 35.5. The quantitative estimate of drug-likeness (QED) is 0.419. The summed E-state index contributed by atoms with van der Waals surface area (Å²) in [5, 5.41) is 3.56. The third-order valence-corrected chi connectivity index (χ3v) is 11.4. The van der Waals surface area contributed by atoms with E-state index >= 15 is 0 Å². The standard InChI is InChI=1S/C37H52ClN7O3/c1-26-22-27(24-32(38)35(26)39)23-29(36(47)44-17-9-30(10-18-44)42-14-5-13-41(2)20-21-42)25-34(46)43-15-11-31(12-16-43)45-19-8-28-6-3-4-7-33(28)40-37(45)48/h3-4,6-7,22,24,29-31H,5,8-21,23,25,39H2,1-2H3,(H,40,48)/t29-/m0/s1. The van der Waals surface area contributed by atoms with Crippen molar-refractivity contribution < 1.29 is 14.4 Å². The van der Waals surface area contributed by atoms with Crippen LogP contribution in [0.1, 0.15) is 55.2 Å². The van der Waals surface area contributed by atoms with Gasteiger partial charge in [-0.2, -0.15) is 0 Å². The number of anilines is 2. The van der Waals surface area contributed by atoms with Gasteiger partial charge in [-0.05, 0) is 101 Å². The summed E-state index contributed by atoms with van der Waals surface area (Å²) in [6.45, 7) is 9.58. The van der Waals surface area contributed by atoms with Crippen LogP contribution in [0.15, 0.2) is 36.4 Å². The Morgan fingerprint density at radius 3 is 2.38 bits per heavy atom. The molecule has 1 atom stereocenters. The maximum Gasteiger partial charge on any atom is 0.322 e. The maximum atomic E-state index is 14.2. The van der Waals surface area contributed by atoms with Gasteiger partial charge >= 0.3 is 6.03 Å². The van der Waals surface area contributed by atoms with Crippen LogP contribution in [-0.4, -0.2) is 120 Å². The van der Waals surface area contributed by atoms with E-state index in [1.165, 1.54) is 6.42 Å². The molecule has 0 radical (unpaired) electrons. The fourth-order valence-corrected chi connectivity index (χ4v) is 8.41. The van der Waals surface area contributed by atoms with Gasteiger partial charge in [0.1, 0.15) is 0 Å². The Hall–Kier alpha value is -3.34. The lowest BCUT2D eigenvalue weighted by molar-refractivity contribution is -0.143. The van der Waals surface area contributed by atoms with Gasteiger partial charge in [-0.1, -0.05) is 35.9 Å². The second kappa shape index (κ2) is 15.5. The SMILES string of the molecule is Cc1cc(C[C@@H](CC(=O)N2CCC(N3CCc4ccccc4NC3=O)CC2)C(=O)N2CCC(N3CCCN(C)CC3)CC2)cc(Cl)c1N. The molecule has 4 amide bonds. The van der Waals surface area contributed by atoms with E-state index in [0.29, 0.717) is 42.8 Å². The summed E-state index contributed by atoms with van der Waals surface area (Å²) in [6.07, 6.45) is 5.95. The lowest BCUT2D eigenvalue weighted by atomic mass is 9.91. The third-order valence-electron chi connectivity index (χ3n) is 11.1. The van der Waals surface area contributed by atoms with E-state index in [2.05, 4.69) is 28.2 Å². The highest BCUT2D eigenvalue weighted by Gasteiger charge is 2.35. The molecule has 4 heterocycles. The van der Waals surface area contributed by atoms with Gasteiger partial charge in [0.25, 0.3) is 0 Å². The van der Waals surface area contributed by atoms with Crippen LogP contribution in [0.25, 0.3) is 0 Å². The molecule has 0 saturated carbocycles. The molecule has 11 heteroatoms. The Labute approximate surface area is 290 Å². The summed E-state index contributed by atoms with van der Waals surface area (Å²) >= 11 is 6.46.